The van der Waals surface area contributed by atoms with Crippen LogP contribution in [-0.4, -0.2) is 47.8 Å². The van der Waals surface area contributed by atoms with Crippen LogP contribution in [-0.2, 0) is 14.3 Å². The molecule has 0 unspecified atom stereocenters. The van der Waals surface area contributed by atoms with E-state index in [-0.39, 0.29) is 23.1 Å². The monoisotopic (exact) mass is 432 g/mol. The topological polar surface area (TPSA) is 79.3 Å². The molecule has 0 bridgehead atoms. The van der Waals surface area contributed by atoms with Crippen LogP contribution >= 0.6 is 23.8 Å². The van der Waals surface area contributed by atoms with E-state index in [9.17, 15) is 14.7 Å². The van der Waals surface area contributed by atoms with Crippen molar-refractivity contribution in [2.75, 3.05) is 25.7 Å². The maximum Gasteiger partial charge on any atom is 0.325 e. The molecule has 1 saturated heterocycles. The zero-order chi connectivity index (χ0) is 21.1. The molecule has 2 aromatic rings. The lowest BCUT2D eigenvalue weighted by Gasteiger charge is -2.19. The van der Waals surface area contributed by atoms with Crippen molar-refractivity contribution in [3.63, 3.8) is 0 Å². The SMILES string of the molecule is COC(=O)CN1C(=S)N(c2ccc(Cl)cc2)C(=O)C1=Cc1ccc(OC)c(O)c1. The molecule has 0 saturated carbocycles. The van der Waals surface area contributed by atoms with Crippen LogP contribution in [0.15, 0.2) is 48.2 Å². The van der Waals surface area contributed by atoms with E-state index < -0.39 is 11.9 Å². The van der Waals surface area contributed by atoms with Gasteiger partial charge in [0.2, 0.25) is 0 Å². The predicted octanol–water partition coefficient (Wildman–Crippen LogP) is 3.20. The van der Waals surface area contributed by atoms with Gasteiger partial charge in [-0.15, -0.1) is 0 Å². The van der Waals surface area contributed by atoms with Crippen LogP contribution in [0.4, 0.5) is 5.69 Å². The van der Waals surface area contributed by atoms with E-state index in [1.807, 2.05) is 0 Å². The number of benzene rings is 2. The highest BCUT2D eigenvalue weighted by Gasteiger charge is 2.40. The molecule has 1 aliphatic rings. The molecule has 1 aliphatic heterocycles. The Bertz CT molecular complexity index is 1010. The first-order valence-electron chi connectivity index (χ1n) is 8.42. The third kappa shape index (κ3) is 4.18. The number of ether oxygens (including phenoxy) is 2. The second-order valence-corrected chi connectivity index (χ2v) is 6.82. The van der Waals surface area contributed by atoms with Gasteiger partial charge in [-0.2, -0.15) is 0 Å². The van der Waals surface area contributed by atoms with Crippen LogP contribution in [0.1, 0.15) is 5.56 Å². The van der Waals surface area contributed by atoms with Crippen molar-refractivity contribution in [2.45, 2.75) is 0 Å². The molecule has 1 fully saturated rings. The molecule has 3 rings (SSSR count). The zero-order valence-corrected chi connectivity index (χ0v) is 17.2. The molecule has 0 aromatic heterocycles. The molecule has 0 radical (unpaired) electrons. The first-order valence-corrected chi connectivity index (χ1v) is 9.21. The van der Waals surface area contributed by atoms with Crippen molar-refractivity contribution in [1.82, 2.24) is 4.90 Å². The summed E-state index contributed by atoms with van der Waals surface area (Å²) in [5, 5.41) is 10.7. The van der Waals surface area contributed by atoms with Crippen molar-refractivity contribution < 1.29 is 24.2 Å². The van der Waals surface area contributed by atoms with Crippen molar-refractivity contribution >= 4 is 52.6 Å². The second kappa shape index (κ2) is 8.50. The van der Waals surface area contributed by atoms with E-state index in [0.29, 0.717) is 22.0 Å². The van der Waals surface area contributed by atoms with Crippen molar-refractivity contribution in [1.29, 1.82) is 0 Å². The maximum absolute atomic E-state index is 13.2. The lowest BCUT2D eigenvalue weighted by Crippen LogP contribution is -2.35. The van der Waals surface area contributed by atoms with Gasteiger partial charge in [0.25, 0.3) is 5.91 Å². The Morgan fingerprint density at radius 3 is 2.48 bits per heavy atom. The number of thiocarbonyl (C=S) groups is 1. The second-order valence-electron chi connectivity index (χ2n) is 6.02. The van der Waals surface area contributed by atoms with Crippen LogP contribution in [0.2, 0.25) is 5.02 Å². The third-order valence-electron chi connectivity index (χ3n) is 4.24. The van der Waals surface area contributed by atoms with E-state index in [0.717, 1.165) is 0 Å². The quantitative estimate of drug-likeness (QED) is 0.441. The summed E-state index contributed by atoms with van der Waals surface area (Å²) in [6.45, 7) is -0.237. The molecular weight excluding hydrogens is 416 g/mol. The third-order valence-corrected chi connectivity index (χ3v) is 4.90. The number of aromatic hydroxyl groups is 1. The maximum atomic E-state index is 13.2. The van der Waals surface area contributed by atoms with Gasteiger partial charge in [-0.05, 0) is 60.3 Å². The molecule has 1 amide bonds. The van der Waals surface area contributed by atoms with Gasteiger partial charge in [0.1, 0.15) is 12.2 Å². The number of nitrogens with zero attached hydrogens (tertiary/aromatic N) is 2. The van der Waals surface area contributed by atoms with Gasteiger partial charge in [0, 0.05) is 5.02 Å². The highest BCUT2D eigenvalue weighted by atomic mass is 35.5. The Morgan fingerprint density at radius 1 is 1.21 bits per heavy atom. The normalized spacial score (nSPS) is 15.2. The molecule has 150 valence electrons. The molecule has 7 nitrogen and oxygen atoms in total. The fourth-order valence-corrected chi connectivity index (χ4v) is 3.28. The number of carbonyl (C=O) groups excluding carboxylic acids is 2. The Hall–Kier alpha value is -3.10. The average Bonchev–Trinajstić information content (AvgIpc) is 2.93. The van der Waals surface area contributed by atoms with Gasteiger partial charge in [0.05, 0.1) is 19.9 Å². The lowest BCUT2D eigenvalue weighted by atomic mass is 10.1. The van der Waals surface area contributed by atoms with Crippen molar-refractivity contribution in [3.8, 4) is 11.5 Å². The van der Waals surface area contributed by atoms with E-state index in [2.05, 4.69) is 0 Å². The van der Waals surface area contributed by atoms with E-state index >= 15 is 0 Å². The highest BCUT2D eigenvalue weighted by molar-refractivity contribution is 7.80. The summed E-state index contributed by atoms with van der Waals surface area (Å²) in [6.07, 6.45) is 1.53. The van der Waals surface area contributed by atoms with E-state index in [1.54, 1.807) is 36.4 Å². The number of amides is 1. The number of rotatable bonds is 5. The number of halogens is 1. The van der Waals surface area contributed by atoms with Gasteiger partial charge in [-0.1, -0.05) is 17.7 Å². The van der Waals surface area contributed by atoms with E-state index in [1.165, 1.54) is 36.2 Å². The Morgan fingerprint density at radius 2 is 1.90 bits per heavy atom. The molecule has 1 N–H and O–H groups in total. The fraction of sp³-hybridized carbons (Fsp3) is 0.150. The molecule has 0 spiro atoms. The summed E-state index contributed by atoms with van der Waals surface area (Å²) in [5.41, 5.74) is 1.21. The summed E-state index contributed by atoms with van der Waals surface area (Å²) in [5.74, 6) is -0.753. The molecule has 1 heterocycles. The van der Waals surface area contributed by atoms with Gasteiger partial charge >= 0.3 is 5.97 Å². The Labute approximate surface area is 177 Å². The number of carbonyl (C=O) groups is 2. The van der Waals surface area contributed by atoms with Crippen molar-refractivity contribution in [2.24, 2.45) is 0 Å². The smallest absolute Gasteiger partial charge is 0.325 e. The minimum absolute atomic E-state index is 0.0797. The van der Waals surface area contributed by atoms with Gasteiger partial charge in [-0.3, -0.25) is 14.5 Å². The van der Waals surface area contributed by atoms with E-state index in [4.69, 9.17) is 33.3 Å². The number of esters is 1. The van der Waals surface area contributed by atoms with Gasteiger partial charge in [-0.25, -0.2) is 0 Å². The van der Waals surface area contributed by atoms with Gasteiger partial charge in [0.15, 0.2) is 16.6 Å². The minimum Gasteiger partial charge on any atom is -0.504 e. The Kier molecular flexibility index (Phi) is 6.05. The molecular formula is C20H17ClN2O5S. The first kappa shape index (κ1) is 20.6. The number of methoxy groups -OCH3 is 2. The Balaban J connectivity index is 2.05. The molecule has 2 aromatic carbocycles. The molecule has 9 heteroatoms. The number of hydrogen-bond donors (Lipinski definition) is 1. The first-order chi connectivity index (χ1) is 13.8. The minimum atomic E-state index is -0.554. The van der Waals surface area contributed by atoms with Crippen LogP contribution in [0.25, 0.3) is 6.08 Å². The summed E-state index contributed by atoms with van der Waals surface area (Å²) < 4.78 is 9.76. The van der Waals surface area contributed by atoms with Crippen molar-refractivity contribution in [3.05, 3.63) is 58.7 Å². The van der Waals surface area contributed by atoms with Crippen LogP contribution in [0, 0.1) is 0 Å². The number of anilines is 1. The number of hydrogen-bond acceptors (Lipinski definition) is 6. The summed E-state index contributed by atoms with van der Waals surface area (Å²) >= 11 is 11.4. The number of phenolic OH excluding ortho intramolecular Hbond substituents is 1. The van der Waals surface area contributed by atoms with Gasteiger partial charge < -0.3 is 19.5 Å². The van der Waals surface area contributed by atoms with Crippen LogP contribution < -0.4 is 9.64 Å². The lowest BCUT2D eigenvalue weighted by molar-refractivity contribution is -0.140. The predicted molar refractivity (Wildman–Crippen MR) is 113 cm³/mol. The highest BCUT2D eigenvalue weighted by Crippen LogP contribution is 2.32. The van der Waals surface area contributed by atoms with Crippen LogP contribution in [0.3, 0.4) is 0 Å². The standard InChI is InChI=1S/C20H17ClN2O5S/c1-27-17-8-3-12(10-16(17)24)9-15-19(26)23(14-6-4-13(21)5-7-14)20(29)22(15)11-18(25)28-2/h3-10,24H,11H2,1-2H3. The zero-order valence-electron chi connectivity index (χ0n) is 15.6. The molecule has 0 aliphatic carbocycles. The number of phenols is 1. The largest absolute Gasteiger partial charge is 0.504 e. The summed E-state index contributed by atoms with van der Waals surface area (Å²) in [6, 6.07) is 11.3. The molecule has 29 heavy (non-hydrogen) atoms. The summed E-state index contributed by atoms with van der Waals surface area (Å²) in [4.78, 5) is 27.7. The summed E-state index contributed by atoms with van der Waals surface area (Å²) in [7, 11) is 2.69. The van der Waals surface area contributed by atoms with Crippen LogP contribution in [0.5, 0.6) is 11.5 Å². The average molecular weight is 433 g/mol. The molecule has 0 atom stereocenters. The fourth-order valence-electron chi connectivity index (χ4n) is 2.80.